The van der Waals surface area contributed by atoms with Gasteiger partial charge in [-0.15, -0.1) is 13.2 Å². The molecule has 3 rings (SSSR count). The Hall–Kier alpha value is -2.83. The van der Waals surface area contributed by atoms with E-state index in [1.54, 1.807) is 0 Å². The van der Waals surface area contributed by atoms with E-state index in [0.29, 0.717) is 11.5 Å². The molecule has 0 aliphatic rings. The van der Waals surface area contributed by atoms with Crippen LogP contribution in [-0.4, -0.2) is 16.3 Å². The van der Waals surface area contributed by atoms with Crippen LogP contribution in [0.4, 0.5) is 24.7 Å². The largest absolute Gasteiger partial charge is 0.573 e. The fraction of sp³-hybridized carbons (Fsp3) is 0.125. The third-order valence-corrected chi connectivity index (χ3v) is 3.14. The van der Waals surface area contributed by atoms with Crippen LogP contribution in [0.3, 0.4) is 0 Å². The zero-order valence-electron chi connectivity index (χ0n) is 12.1. The number of benzene rings is 2. The molecule has 0 amide bonds. The van der Waals surface area contributed by atoms with E-state index in [1.165, 1.54) is 30.6 Å². The highest BCUT2D eigenvalue weighted by Crippen LogP contribution is 2.27. The summed E-state index contributed by atoms with van der Waals surface area (Å²) in [5.74, 6) is 0.314. The van der Waals surface area contributed by atoms with Crippen molar-refractivity contribution in [3.63, 3.8) is 0 Å². The molecule has 4 nitrogen and oxygen atoms in total. The number of alkyl halides is 3. The van der Waals surface area contributed by atoms with Gasteiger partial charge in [0.25, 0.3) is 0 Å². The molecule has 0 fully saturated rings. The number of hydrogen-bond donors (Lipinski definition) is 1. The van der Waals surface area contributed by atoms with Gasteiger partial charge < -0.3 is 10.1 Å². The number of ether oxygens (including phenoxy) is 1. The summed E-state index contributed by atoms with van der Waals surface area (Å²) in [5.41, 5.74) is 2.44. The standard InChI is InChI=1S/C16H12F3N3O/c1-10-2-7-14-13(8-10)15(21-9-20-14)22-11-3-5-12(6-4-11)23-16(17,18)19/h2-9H,1H3,(H,20,21,22). The quantitative estimate of drug-likeness (QED) is 0.767. The van der Waals surface area contributed by atoms with Gasteiger partial charge in [0, 0.05) is 11.1 Å². The van der Waals surface area contributed by atoms with Gasteiger partial charge in [0.15, 0.2) is 0 Å². The third-order valence-electron chi connectivity index (χ3n) is 3.14. The number of aryl methyl sites for hydroxylation is 1. The molecule has 2 aromatic carbocycles. The predicted molar refractivity (Wildman–Crippen MR) is 80.7 cm³/mol. The summed E-state index contributed by atoms with van der Waals surface area (Å²) < 4.78 is 40.3. The molecule has 0 atom stereocenters. The number of halogens is 3. The van der Waals surface area contributed by atoms with Gasteiger partial charge in [-0.1, -0.05) is 11.6 Å². The van der Waals surface area contributed by atoms with Gasteiger partial charge in [0.1, 0.15) is 17.9 Å². The predicted octanol–water partition coefficient (Wildman–Crippen LogP) is 4.58. The maximum Gasteiger partial charge on any atom is 0.573 e. The smallest absolute Gasteiger partial charge is 0.406 e. The van der Waals surface area contributed by atoms with Crippen LogP contribution in [-0.2, 0) is 0 Å². The molecule has 0 radical (unpaired) electrons. The Labute approximate surface area is 129 Å². The first kappa shape index (κ1) is 15.1. The van der Waals surface area contributed by atoms with E-state index in [2.05, 4.69) is 20.0 Å². The van der Waals surface area contributed by atoms with E-state index >= 15 is 0 Å². The topological polar surface area (TPSA) is 47.0 Å². The maximum absolute atomic E-state index is 12.1. The van der Waals surface area contributed by atoms with Crippen molar-refractivity contribution in [2.24, 2.45) is 0 Å². The molecule has 0 saturated heterocycles. The average molecular weight is 319 g/mol. The van der Waals surface area contributed by atoms with E-state index < -0.39 is 6.36 Å². The van der Waals surface area contributed by atoms with Crippen LogP contribution in [0, 0.1) is 6.92 Å². The molecule has 0 unspecified atom stereocenters. The average Bonchev–Trinajstić information content (AvgIpc) is 2.48. The number of anilines is 2. The molecule has 1 N–H and O–H groups in total. The van der Waals surface area contributed by atoms with Gasteiger partial charge in [-0.3, -0.25) is 0 Å². The molecule has 0 aliphatic carbocycles. The lowest BCUT2D eigenvalue weighted by molar-refractivity contribution is -0.274. The Kier molecular flexibility index (Phi) is 3.77. The minimum Gasteiger partial charge on any atom is -0.406 e. The Bertz CT molecular complexity index is 832. The van der Waals surface area contributed by atoms with E-state index in [4.69, 9.17) is 0 Å². The third kappa shape index (κ3) is 3.68. The number of rotatable bonds is 3. The summed E-state index contributed by atoms with van der Waals surface area (Å²) in [7, 11) is 0. The summed E-state index contributed by atoms with van der Waals surface area (Å²) in [5, 5.41) is 3.91. The van der Waals surface area contributed by atoms with E-state index in [1.807, 2.05) is 25.1 Å². The van der Waals surface area contributed by atoms with Crippen molar-refractivity contribution in [2.45, 2.75) is 13.3 Å². The molecule has 3 aromatic rings. The summed E-state index contributed by atoms with van der Waals surface area (Å²) in [6, 6.07) is 11.2. The molecular weight excluding hydrogens is 307 g/mol. The molecule has 23 heavy (non-hydrogen) atoms. The zero-order valence-corrected chi connectivity index (χ0v) is 12.1. The van der Waals surface area contributed by atoms with Crippen molar-refractivity contribution < 1.29 is 17.9 Å². The van der Waals surface area contributed by atoms with Gasteiger partial charge in [-0.25, -0.2) is 9.97 Å². The molecule has 1 aromatic heterocycles. The molecular formula is C16H12F3N3O. The maximum atomic E-state index is 12.1. The number of nitrogens with one attached hydrogen (secondary N) is 1. The van der Waals surface area contributed by atoms with Gasteiger partial charge >= 0.3 is 6.36 Å². The van der Waals surface area contributed by atoms with Gasteiger partial charge in [-0.2, -0.15) is 0 Å². The van der Waals surface area contributed by atoms with Crippen LogP contribution in [0.15, 0.2) is 48.8 Å². The molecule has 0 bridgehead atoms. The van der Waals surface area contributed by atoms with Crippen LogP contribution in [0.25, 0.3) is 10.9 Å². The lowest BCUT2D eigenvalue weighted by Crippen LogP contribution is -2.16. The molecule has 7 heteroatoms. The minimum atomic E-state index is -4.70. The Morgan fingerprint density at radius 1 is 1.00 bits per heavy atom. The van der Waals surface area contributed by atoms with Crippen molar-refractivity contribution in [3.05, 3.63) is 54.4 Å². The Morgan fingerprint density at radius 2 is 1.74 bits per heavy atom. The fourth-order valence-corrected chi connectivity index (χ4v) is 2.15. The fourth-order valence-electron chi connectivity index (χ4n) is 2.15. The monoisotopic (exact) mass is 319 g/mol. The summed E-state index contributed by atoms with van der Waals surface area (Å²) >= 11 is 0. The first-order valence-corrected chi connectivity index (χ1v) is 6.75. The Balaban J connectivity index is 1.86. The summed E-state index contributed by atoms with van der Waals surface area (Å²) in [6.45, 7) is 1.96. The van der Waals surface area contributed by atoms with Crippen molar-refractivity contribution >= 4 is 22.4 Å². The van der Waals surface area contributed by atoms with Gasteiger partial charge in [0.05, 0.1) is 5.52 Å². The van der Waals surface area contributed by atoms with Crippen LogP contribution < -0.4 is 10.1 Å². The van der Waals surface area contributed by atoms with E-state index in [0.717, 1.165) is 16.5 Å². The number of fused-ring (bicyclic) bond motifs is 1. The number of nitrogens with zero attached hydrogens (tertiary/aromatic N) is 2. The van der Waals surface area contributed by atoms with Crippen molar-refractivity contribution in [3.8, 4) is 5.75 Å². The SMILES string of the molecule is Cc1ccc2ncnc(Nc3ccc(OC(F)(F)F)cc3)c2c1. The summed E-state index contributed by atoms with van der Waals surface area (Å²) in [4.78, 5) is 8.37. The highest BCUT2D eigenvalue weighted by molar-refractivity contribution is 5.91. The second-order valence-corrected chi connectivity index (χ2v) is 4.94. The van der Waals surface area contributed by atoms with Crippen LogP contribution in [0.2, 0.25) is 0 Å². The van der Waals surface area contributed by atoms with E-state index in [9.17, 15) is 13.2 Å². The first-order chi connectivity index (χ1) is 10.9. The van der Waals surface area contributed by atoms with Gasteiger partial charge in [-0.05, 0) is 43.3 Å². The lowest BCUT2D eigenvalue weighted by Gasteiger charge is -2.11. The molecule has 118 valence electrons. The molecule has 1 heterocycles. The Morgan fingerprint density at radius 3 is 2.43 bits per heavy atom. The molecule has 0 saturated carbocycles. The number of hydrogen-bond acceptors (Lipinski definition) is 4. The normalized spacial score (nSPS) is 11.5. The second-order valence-electron chi connectivity index (χ2n) is 4.94. The molecule has 0 aliphatic heterocycles. The highest BCUT2D eigenvalue weighted by atomic mass is 19.4. The first-order valence-electron chi connectivity index (χ1n) is 6.75. The lowest BCUT2D eigenvalue weighted by atomic mass is 10.1. The summed E-state index contributed by atoms with van der Waals surface area (Å²) in [6.07, 6.45) is -3.27. The van der Waals surface area contributed by atoms with Crippen LogP contribution in [0.1, 0.15) is 5.56 Å². The van der Waals surface area contributed by atoms with Crippen molar-refractivity contribution in [1.82, 2.24) is 9.97 Å². The zero-order chi connectivity index (χ0) is 16.4. The van der Waals surface area contributed by atoms with Crippen molar-refractivity contribution in [1.29, 1.82) is 0 Å². The highest BCUT2D eigenvalue weighted by Gasteiger charge is 2.30. The molecule has 0 spiro atoms. The van der Waals surface area contributed by atoms with Crippen molar-refractivity contribution in [2.75, 3.05) is 5.32 Å². The second kappa shape index (κ2) is 5.75. The van der Waals surface area contributed by atoms with Crippen LogP contribution in [0.5, 0.6) is 5.75 Å². The minimum absolute atomic E-state index is 0.272. The number of aromatic nitrogens is 2. The van der Waals surface area contributed by atoms with Crippen LogP contribution >= 0.6 is 0 Å². The van der Waals surface area contributed by atoms with Gasteiger partial charge in [0.2, 0.25) is 0 Å². The van der Waals surface area contributed by atoms with E-state index in [-0.39, 0.29) is 5.75 Å².